The Bertz CT molecular complexity index is 3030. The van der Waals surface area contributed by atoms with E-state index in [1.54, 1.807) is 0 Å². The molecule has 65 heavy (non-hydrogen) atoms. The summed E-state index contributed by atoms with van der Waals surface area (Å²) >= 11 is 0. The van der Waals surface area contributed by atoms with E-state index in [0.717, 1.165) is 51.3 Å². The third-order valence-corrected chi connectivity index (χ3v) is 13.7. The highest BCUT2D eigenvalue weighted by molar-refractivity contribution is 7.01. The largest absolute Gasteiger partial charge is 0.440 e. The summed E-state index contributed by atoms with van der Waals surface area (Å²) in [6.45, 7) is 27.5. The van der Waals surface area contributed by atoms with Crippen LogP contribution >= 0.6 is 0 Å². The lowest BCUT2D eigenvalue weighted by Gasteiger charge is -2.44. The Labute approximate surface area is 387 Å². The van der Waals surface area contributed by atoms with Crippen molar-refractivity contribution < 1.29 is 4.42 Å². The quantitative estimate of drug-likeness (QED) is 0.161. The van der Waals surface area contributed by atoms with Crippen LogP contribution in [0, 0.1) is 0 Å². The number of fused-ring (bicyclic) bond motifs is 6. The molecule has 0 radical (unpaired) electrons. The van der Waals surface area contributed by atoms with Crippen LogP contribution in [0.25, 0.3) is 11.0 Å². The van der Waals surface area contributed by atoms with E-state index >= 15 is 0 Å². The molecule has 0 N–H and O–H groups in total. The van der Waals surface area contributed by atoms with Gasteiger partial charge in [-0.1, -0.05) is 162 Å². The van der Waals surface area contributed by atoms with E-state index < -0.39 is 0 Å². The van der Waals surface area contributed by atoms with Gasteiger partial charge < -0.3 is 14.2 Å². The van der Waals surface area contributed by atoms with Crippen molar-refractivity contribution in [3.8, 4) is 0 Å². The van der Waals surface area contributed by atoms with Crippen LogP contribution in [-0.4, -0.2) is 6.71 Å². The van der Waals surface area contributed by atoms with Gasteiger partial charge in [-0.15, -0.1) is 0 Å². The molecule has 2 aliphatic heterocycles. The first-order valence-electron chi connectivity index (χ1n) is 23.4. The lowest BCUT2D eigenvalue weighted by Crippen LogP contribution is -2.61. The topological polar surface area (TPSA) is 22.9 Å². The number of benzene rings is 7. The Balaban J connectivity index is 1.36. The summed E-state index contributed by atoms with van der Waals surface area (Å²) in [6, 6.07) is 59.0. The minimum Gasteiger partial charge on any atom is -0.440 e. The molecule has 0 unspecified atom stereocenters. The van der Waals surface area contributed by atoms with E-state index in [1.807, 2.05) is 0 Å². The molecule has 7 aromatic carbocycles. The van der Waals surface area contributed by atoms with E-state index in [4.69, 9.17) is 4.42 Å². The van der Waals surface area contributed by atoms with Crippen molar-refractivity contribution in [1.82, 2.24) is 0 Å². The smallest absolute Gasteiger partial charge is 0.257 e. The summed E-state index contributed by atoms with van der Waals surface area (Å²) in [5.41, 5.74) is 18.6. The molecule has 5 heteroatoms. The molecule has 0 amide bonds. The number of hydrogen-bond acceptors (Lipinski definition) is 4. The van der Waals surface area contributed by atoms with Gasteiger partial charge in [-0.2, -0.15) is 0 Å². The van der Waals surface area contributed by atoms with Gasteiger partial charge in [-0.05, 0) is 134 Å². The average molecular weight is 852 g/mol. The molecule has 0 bridgehead atoms. The number of nitrogens with zero attached hydrogens (tertiary/aromatic N) is 3. The average Bonchev–Trinajstić information content (AvgIpc) is 3.64. The maximum absolute atomic E-state index is 7.31. The van der Waals surface area contributed by atoms with Crippen LogP contribution in [0.4, 0.5) is 51.4 Å². The maximum Gasteiger partial charge on any atom is 0.257 e. The zero-order valence-electron chi connectivity index (χ0n) is 40.3. The lowest BCUT2D eigenvalue weighted by atomic mass is 9.33. The normalized spacial score (nSPS) is 13.8. The van der Waals surface area contributed by atoms with Gasteiger partial charge in [0.2, 0.25) is 5.88 Å². The van der Waals surface area contributed by atoms with Crippen LogP contribution in [0.15, 0.2) is 162 Å². The Kier molecular flexibility index (Phi) is 9.84. The van der Waals surface area contributed by atoms with E-state index in [9.17, 15) is 0 Å². The number of rotatable bonds is 5. The summed E-state index contributed by atoms with van der Waals surface area (Å²) in [7, 11) is 0. The number of para-hydroxylation sites is 2. The molecular formula is C60H62BN3O. The highest BCUT2D eigenvalue weighted by Gasteiger charge is 2.47. The highest BCUT2D eigenvalue weighted by Crippen LogP contribution is 2.50. The van der Waals surface area contributed by atoms with Gasteiger partial charge in [0.25, 0.3) is 6.71 Å². The van der Waals surface area contributed by atoms with E-state index in [2.05, 4.69) is 256 Å². The monoisotopic (exact) mass is 851 g/mol. The van der Waals surface area contributed by atoms with E-state index in [0.29, 0.717) is 0 Å². The second kappa shape index (κ2) is 15.1. The zero-order chi connectivity index (χ0) is 45.8. The predicted octanol–water partition coefficient (Wildman–Crippen LogP) is 15.2. The van der Waals surface area contributed by atoms with E-state index in [-0.39, 0.29) is 28.4 Å². The maximum atomic E-state index is 7.31. The standard InChI is InChI=1S/C60H62BN3O/c1-57(2,3)39-23-29-45(30-24-39)63-50-33-27-42(60(10,11)12)36-49(50)61-54-48-35-41(59(7,8)9)28-34-53(48)65-56(54)64(46-31-25-40(26-32-46)58(4,5)6)52-38-47(37-51(63)55(52)61)62(43-19-15-13-16-20-43)44-21-17-14-18-22-44/h13-38H,1-12H3. The Morgan fingerprint density at radius 1 is 0.400 bits per heavy atom. The molecule has 326 valence electrons. The zero-order valence-corrected chi connectivity index (χ0v) is 40.3. The van der Waals surface area contributed by atoms with Crippen LogP contribution in [-0.2, 0) is 21.7 Å². The molecule has 8 aromatic rings. The van der Waals surface area contributed by atoms with Gasteiger partial charge in [0, 0.05) is 50.7 Å². The minimum absolute atomic E-state index is 0.00185. The first-order chi connectivity index (χ1) is 30.8. The van der Waals surface area contributed by atoms with Gasteiger partial charge in [-0.25, -0.2) is 0 Å². The number of anilines is 9. The molecular weight excluding hydrogens is 789 g/mol. The van der Waals surface area contributed by atoms with Gasteiger partial charge in [0.05, 0.1) is 5.69 Å². The molecule has 4 nitrogen and oxygen atoms in total. The van der Waals surface area contributed by atoms with Crippen LogP contribution in [0.1, 0.15) is 105 Å². The number of furan rings is 1. The van der Waals surface area contributed by atoms with Gasteiger partial charge in [-0.3, -0.25) is 4.90 Å². The SMILES string of the molecule is CC(C)(C)c1ccc(N2c3ccc(C(C)(C)C)cc3B3c4c2cc(N(c2ccccc2)c2ccccc2)cc4N(c2ccc(C(C)(C)C)cc2)c2oc4ccc(C(C)(C)C)cc4c23)cc1. The Morgan fingerprint density at radius 3 is 1.35 bits per heavy atom. The molecule has 0 spiro atoms. The fourth-order valence-electron chi connectivity index (χ4n) is 9.93. The Hall–Kier alpha value is -6.46. The second-order valence-corrected chi connectivity index (χ2v) is 22.4. The Morgan fingerprint density at radius 2 is 0.846 bits per heavy atom. The molecule has 3 heterocycles. The van der Waals surface area contributed by atoms with E-state index in [1.165, 1.54) is 49.7 Å². The van der Waals surface area contributed by atoms with Crippen LogP contribution in [0.5, 0.6) is 0 Å². The minimum atomic E-state index is -0.116. The van der Waals surface area contributed by atoms with Crippen molar-refractivity contribution >= 4 is 85.5 Å². The van der Waals surface area contributed by atoms with Gasteiger partial charge in [0.1, 0.15) is 5.58 Å². The van der Waals surface area contributed by atoms with Crippen molar-refractivity contribution in [1.29, 1.82) is 0 Å². The molecule has 0 saturated heterocycles. The summed E-state index contributed by atoms with van der Waals surface area (Å²) in [5.74, 6) is 0.872. The van der Waals surface area contributed by atoms with Crippen molar-refractivity contribution in [3.05, 3.63) is 180 Å². The first kappa shape index (κ1) is 42.5. The van der Waals surface area contributed by atoms with Crippen molar-refractivity contribution in [2.45, 2.75) is 105 Å². The molecule has 10 rings (SSSR count). The molecule has 0 saturated carbocycles. The third-order valence-electron chi connectivity index (χ3n) is 13.7. The summed E-state index contributed by atoms with van der Waals surface area (Å²) in [5, 5.41) is 1.17. The number of hydrogen-bond donors (Lipinski definition) is 0. The molecule has 2 aliphatic rings. The summed E-state index contributed by atoms with van der Waals surface area (Å²) < 4.78 is 7.31. The summed E-state index contributed by atoms with van der Waals surface area (Å²) in [6.07, 6.45) is 0. The summed E-state index contributed by atoms with van der Waals surface area (Å²) in [4.78, 5) is 7.36. The third kappa shape index (κ3) is 7.34. The fraction of sp³-hybridized carbons (Fsp3) is 0.267. The predicted molar refractivity (Wildman–Crippen MR) is 280 cm³/mol. The van der Waals surface area contributed by atoms with Crippen LogP contribution in [0.2, 0.25) is 0 Å². The van der Waals surface area contributed by atoms with Crippen molar-refractivity contribution in [2.24, 2.45) is 0 Å². The second-order valence-electron chi connectivity index (χ2n) is 22.4. The lowest BCUT2D eigenvalue weighted by molar-refractivity contribution is 0.589. The van der Waals surface area contributed by atoms with Gasteiger partial charge >= 0.3 is 0 Å². The highest BCUT2D eigenvalue weighted by atomic mass is 16.4. The molecule has 0 aliphatic carbocycles. The molecule has 0 fully saturated rings. The van der Waals surface area contributed by atoms with Crippen molar-refractivity contribution in [3.63, 3.8) is 0 Å². The van der Waals surface area contributed by atoms with Gasteiger partial charge in [0.15, 0.2) is 0 Å². The van der Waals surface area contributed by atoms with Crippen molar-refractivity contribution in [2.75, 3.05) is 14.7 Å². The van der Waals surface area contributed by atoms with Crippen LogP contribution < -0.4 is 31.1 Å². The molecule has 0 atom stereocenters. The fourth-order valence-corrected chi connectivity index (χ4v) is 9.93. The van der Waals surface area contributed by atoms with Crippen LogP contribution in [0.3, 0.4) is 0 Å². The first-order valence-corrected chi connectivity index (χ1v) is 23.4. The molecule has 1 aromatic heterocycles.